The van der Waals surface area contributed by atoms with Crippen LogP contribution in [0.1, 0.15) is 60.7 Å². The molecule has 0 bridgehead atoms. The van der Waals surface area contributed by atoms with E-state index in [-0.39, 0.29) is 36.0 Å². The number of halogens is 3. The van der Waals surface area contributed by atoms with Crippen LogP contribution in [0.3, 0.4) is 0 Å². The SMILES string of the molecule is O=C(NNC(=O)c1n[nH]c2ccccc12)c1csc(C2CCN(C(=O)c3ccccc3C(F)(F)F)CC2)n1. The fourth-order valence-electron chi connectivity index (χ4n) is 4.37. The molecule has 1 aliphatic heterocycles. The Labute approximate surface area is 218 Å². The first kappa shape index (κ1) is 25.4. The van der Waals surface area contributed by atoms with E-state index in [0.29, 0.717) is 28.8 Å². The van der Waals surface area contributed by atoms with Crippen molar-refractivity contribution in [2.45, 2.75) is 24.9 Å². The first-order chi connectivity index (χ1) is 18.2. The van der Waals surface area contributed by atoms with Crippen LogP contribution in [0.25, 0.3) is 10.9 Å². The minimum Gasteiger partial charge on any atom is -0.339 e. The molecule has 0 saturated carbocycles. The number of rotatable bonds is 4. The molecule has 1 aliphatic rings. The number of para-hydroxylation sites is 1. The summed E-state index contributed by atoms with van der Waals surface area (Å²) in [4.78, 5) is 43.6. The second kappa shape index (κ2) is 10.2. The zero-order chi connectivity index (χ0) is 26.9. The summed E-state index contributed by atoms with van der Waals surface area (Å²) in [5, 5.41) is 9.59. The number of hydrogen-bond acceptors (Lipinski definition) is 6. The van der Waals surface area contributed by atoms with Gasteiger partial charge in [-0.3, -0.25) is 30.3 Å². The lowest BCUT2D eigenvalue weighted by atomic mass is 9.96. The molecule has 3 heterocycles. The summed E-state index contributed by atoms with van der Waals surface area (Å²) >= 11 is 1.28. The van der Waals surface area contributed by atoms with Gasteiger partial charge < -0.3 is 4.90 Å². The van der Waals surface area contributed by atoms with Gasteiger partial charge in [0.05, 0.1) is 21.7 Å². The largest absolute Gasteiger partial charge is 0.417 e. The Hall–Kier alpha value is -4.26. The van der Waals surface area contributed by atoms with E-state index >= 15 is 0 Å². The summed E-state index contributed by atoms with van der Waals surface area (Å²) in [6.07, 6.45) is -3.62. The number of amides is 3. The number of thiazole rings is 1. The van der Waals surface area contributed by atoms with Crippen molar-refractivity contribution >= 4 is 40.0 Å². The number of aromatic amines is 1. The van der Waals surface area contributed by atoms with Crippen molar-refractivity contribution in [1.82, 2.24) is 30.9 Å². The number of H-pyrrole nitrogens is 1. The zero-order valence-corrected chi connectivity index (χ0v) is 20.5. The molecule has 5 rings (SSSR count). The second-order valence-electron chi connectivity index (χ2n) is 8.71. The molecule has 13 heteroatoms. The van der Waals surface area contributed by atoms with Crippen LogP contribution in [-0.4, -0.2) is 50.9 Å². The quantitative estimate of drug-likeness (QED) is 0.335. The standard InChI is InChI=1S/C25H21F3N6O3S/c26-25(27,28)17-7-3-1-5-15(17)24(37)34-11-9-14(10-12-34)23-29-19(13-38-23)21(35)32-33-22(36)20-16-6-2-4-8-18(16)30-31-20/h1-8,13-14H,9-12H2,(H,30,31)(H,32,35)(H,33,36). The summed E-state index contributed by atoms with van der Waals surface area (Å²) in [7, 11) is 0. The summed E-state index contributed by atoms with van der Waals surface area (Å²) in [5.41, 5.74) is 4.30. The average molecular weight is 543 g/mol. The van der Waals surface area contributed by atoms with Gasteiger partial charge in [-0.05, 0) is 31.0 Å². The number of benzene rings is 2. The Kier molecular flexibility index (Phi) is 6.85. The number of carbonyl (C=O) groups excluding carboxylic acids is 3. The Bertz CT molecular complexity index is 1510. The molecule has 1 fully saturated rings. The van der Waals surface area contributed by atoms with Crippen molar-refractivity contribution in [2.24, 2.45) is 0 Å². The molecule has 3 amide bonds. The third-order valence-electron chi connectivity index (χ3n) is 6.32. The molecule has 9 nitrogen and oxygen atoms in total. The van der Waals surface area contributed by atoms with Crippen molar-refractivity contribution in [3.05, 3.63) is 81.4 Å². The number of likely N-dealkylation sites (tertiary alicyclic amines) is 1. The molecular formula is C25H21F3N6O3S. The van der Waals surface area contributed by atoms with E-state index in [2.05, 4.69) is 26.0 Å². The summed E-state index contributed by atoms with van der Waals surface area (Å²) in [5.74, 6) is -1.89. The fraction of sp³-hybridized carbons (Fsp3) is 0.240. The van der Waals surface area contributed by atoms with Gasteiger partial charge in [0.1, 0.15) is 5.69 Å². The van der Waals surface area contributed by atoms with Crippen molar-refractivity contribution in [3.63, 3.8) is 0 Å². The van der Waals surface area contributed by atoms with Gasteiger partial charge in [-0.25, -0.2) is 4.98 Å². The topological polar surface area (TPSA) is 120 Å². The average Bonchev–Trinajstić information content (AvgIpc) is 3.59. The van der Waals surface area contributed by atoms with Gasteiger partial charge in [-0.1, -0.05) is 30.3 Å². The highest BCUT2D eigenvalue weighted by Crippen LogP contribution is 2.34. The lowest BCUT2D eigenvalue weighted by molar-refractivity contribution is -0.138. The molecule has 0 atom stereocenters. The van der Waals surface area contributed by atoms with Gasteiger partial charge in [-0.2, -0.15) is 18.3 Å². The van der Waals surface area contributed by atoms with Crippen LogP contribution < -0.4 is 10.9 Å². The number of carbonyl (C=O) groups is 3. The van der Waals surface area contributed by atoms with E-state index in [4.69, 9.17) is 0 Å². The smallest absolute Gasteiger partial charge is 0.339 e. The molecule has 3 N–H and O–H groups in total. The number of nitrogens with zero attached hydrogens (tertiary/aromatic N) is 3. The number of alkyl halides is 3. The predicted molar refractivity (Wildman–Crippen MR) is 132 cm³/mol. The van der Waals surface area contributed by atoms with Gasteiger partial charge in [0.2, 0.25) is 0 Å². The van der Waals surface area contributed by atoms with Crippen LogP contribution in [0, 0.1) is 0 Å². The minimum absolute atomic E-state index is 0.0477. The third-order valence-corrected chi connectivity index (χ3v) is 7.33. The van der Waals surface area contributed by atoms with Crippen LogP contribution in [0.2, 0.25) is 0 Å². The Morgan fingerprint density at radius 1 is 0.974 bits per heavy atom. The lowest BCUT2D eigenvalue weighted by Crippen LogP contribution is -2.42. The number of aromatic nitrogens is 3. The Balaban J connectivity index is 1.17. The Morgan fingerprint density at radius 2 is 1.66 bits per heavy atom. The first-order valence-corrected chi connectivity index (χ1v) is 12.5. The second-order valence-corrected chi connectivity index (χ2v) is 9.60. The highest BCUT2D eigenvalue weighted by Gasteiger charge is 2.36. The maximum Gasteiger partial charge on any atom is 0.417 e. The molecule has 1 saturated heterocycles. The van der Waals surface area contributed by atoms with Crippen molar-refractivity contribution < 1.29 is 27.6 Å². The molecular weight excluding hydrogens is 521 g/mol. The van der Waals surface area contributed by atoms with Crippen molar-refractivity contribution in [1.29, 1.82) is 0 Å². The lowest BCUT2D eigenvalue weighted by Gasteiger charge is -2.31. The predicted octanol–water partition coefficient (Wildman–Crippen LogP) is 4.13. The maximum atomic E-state index is 13.3. The molecule has 0 spiro atoms. The summed E-state index contributed by atoms with van der Waals surface area (Å²) in [6.45, 7) is 0.537. The molecule has 2 aromatic carbocycles. The van der Waals surface area contributed by atoms with Gasteiger partial charge in [-0.15, -0.1) is 11.3 Å². The van der Waals surface area contributed by atoms with E-state index in [9.17, 15) is 27.6 Å². The Morgan fingerprint density at radius 3 is 2.42 bits per heavy atom. The van der Waals surface area contributed by atoms with Crippen LogP contribution >= 0.6 is 11.3 Å². The van der Waals surface area contributed by atoms with Crippen molar-refractivity contribution in [2.75, 3.05) is 13.1 Å². The molecule has 196 valence electrons. The third kappa shape index (κ3) is 5.09. The summed E-state index contributed by atoms with van der Waals surface area (Å²) < 4.78 is 40.0. The van der Waals surface area contributed by atoms with Gasteiger partial charge in [0.25, 0.3) is 17.7 Å². The van der Waals surface area contributed by atoms with Crippen LogP contribution in [0.4, 0.5) is 13.2 Å². The first-order valence-electron chi connectivity index (χ1n) is 11.7. The number of nitrogens with one attached hydrogen (secondary N) is 3. The molecule has 4 aromatic rings. The molecule has 2 aromatic heterocycles. The minimum atomic E-state index is -4.62. The van der Waals surface area contributed by atoms with Crippen LogP contribution in [0.5, 0.6) is 0 Å². The van der Waals surface area contributed by atoms with E-state index in [1.54, 1.807) is 29.6 Å². The fourth-order valence-corrected chi connectivity index (χ4v) is 5.34. The van der Waals surface area contributed by atoms with E-state index < -0.39 is 29.5 Å². The zero-order valence-electron chi connectivity index (χ0n) is 19.7. The van der Waals surface area contributed by atoms with Gasteiger partial charge >= 0.3 is 6.18 Å². The van der Waals surface area contributed by atoms with E-state index in [1.165, 1.54) is 34.4 Å². The molecule has 0 aliphatic carbocycles. The van der Waals surface area contributed by atoms with Crippen LogP contribution in [-0.2, 0) is 6.18 Å². The molecule has 38 heavy (non-hydrogen) atoms. The van der Waals surface area contributed by atoms with Crippen LogP contribution in [0.15, 0.2) is 53.9 Å². The van der Waals surface area contributed by atoms with E-state index in [1.807, 2.05) is 0 Å². The highest BCUT2D eigenvalue weighted by atomic mass is 32.1. The molecule has 0 radical (unpaired) electrons. The van der Waals surface area contributed by atoms with Gasteiger partial charge in [0.15, 0.2) is 5.69 Å². The number of piperidine rings is 1. The summed E-state index contributed by atoms with van der Waals surface area (Å²) in [6, 6.07) is 11.8. The number of hydrogen-bond donors (Lipinski definition) is 3. The van der Waals surface area contributed by atoms with Gasteiger partial charge in [0, 0.05) is 29.8 Å². The maximum absolute atomic E-state index is 13.3. The number of fused-ring (bicyclic) bond motifs is 1. The highest BCUT2D eigenvalue weighted by molar-refractivity contribution is 7.09. The normalized spacial score (nSPS) is 14.4. The van der Waals surface area contributed by atoms with Crippen molar-refractivity contribution in [3.8, 4) is 0 Å². The monoisotopic (exact) mass is 542 g/mol. The van der Waals surface area contributed by atoms with E-state index in [0.717, 1.165) is 6.07 Å². The molecule has 0 unspecified atom stereocenters. The number of hydrazine groups is 1.